The summed E-state index contributed by atoms with van der Waals surface area (Å²) in [6, 6.07) is 15.4. The summed E-state index contributed by atoms with van der Waals surface area (Å²) in [5.41, 5.74) is 3.08. The Balaban J connectivity index is 1.43. The predicted molar refractivity (Wildman–Crippen MR) is 130 cm³/mol. The molecule has 4 rings (SSSR count). The molecule has 8 heteroatoms. The van der Waals surface area contributed by atoms with Gasteiger partial charge in [-0.05, 0) is 34.6 Å². The number of ether oxygens (including phenoxy) is 2. The molecule has 0 bridgehead atoms. The molecular weight excluding hydrogens is 448 g/mol. The molecule has 0 saturated carbocycles. The van der Waals surface area contributed by atoms with E-state index in [1.807, 2.05) is 50.2 Å². The van der Waals surface area contributed by atoms with Crippen LogP contribution in [0.2, 0.25) is 0 Å². The summed E-state index contributed by atoms with van der Waals surface area (Å²) in [5.74, 6) is -1.37. The quantitative estimate of drug-likeness (QED) is 0.598. The molecule has 2 aromatic rings. The number of carboxylic acid groups (broad SMARTS) is 1. The van der Waals surface area contributed by atoms with Crippen LogP contribution in [0.4, 0.5) is 4.79 Å². The lowest BCUT2D eigenvalue weighted by Gasteiger charge is -2.27. The van der Waals surface area contributed by atoms with Crippen molar-refractivity contribution in [2.45, 2.75) is 44.2 Å². The minimum atomic E-state index is -1.41. The second kappa shape index (κ2) is 10.1. The molecule has 35 heavy (non-hydrogen) atoms. The summed E-state index contributed by atoms with van der Waals surface area (Å²) >= 11 is 0. The van der Waals surface area contributed by atoms with E-state index in [2.05, 4.69) is 17.4 Å². The lowest BCUT2D eigenvalue weighted by molar-refractivity contribution is -0.161. The fraction of sp³-hybridized carbons (Fsp3) is 0.444. The fourth-order valence-corrected chi connectivity index (χ4v) is 5.09. The first kappa shape index (κ1) is 24.7. The average molecular weight is 481 g/mol. The molecule has 0 radical (unpaired) electrons. The van der Waals surface area contributed by atoms with E-state index in [4.69, 9.17) is 9.47 Å². The van der Waals surface area contributed by atoms with Gasteiger partial charge in [0.1, 0.15) is 12.6 Å². The first-order valence-electron chi connectivity index (χ1n) is 11.9. The summed E-state index contributed by atoms with van der Waals surface area (Å²) < 4.78 is 10.9. The number of carbonyl (C=O) groups is 3. The van der Waals surface area contributed by atoms with E-state index in [1.165, 1.54) is 12.0 Å². The number of amides is 2. The molecule has 2 aromatic carbocycles. The van der Waals surface area contributed by atoms with Crippen LogP contribution in [0.25, 0.3) is 11.1 Å². The fourth-order valence-electron chi connectivity index (χ4n) is 5.09. The van der Waals surface area contributed by atoms with E-state index in [9.17, 15) is 19.5 Å². The molecule has 2 unspecified atom stereocenters. The molecule has 8 nitrogen and oxygen atoms in total. The van der Waals surface area contributed by atoms with Crippen molar-refractivity contribution >= 4 is 18.0 Å². The number of nitrogens with zero attached hydrogens (tertiary/aromatic N) is 1. The van der Waals surface area contributed by atoms with Gasteiger partial charge in [-0.15, -0.1) is 0 Å². The van der Waals surface area contributed by atoms with Crippen LogP contribution in [0.3, 0.4) is 0 Å². The number of hydrogen-bond donors (Lipinski definition) is 2. The van der Waals surface area contributed by atoms with E-state index in [0.717, 1.165) is 22.3 Å². The zero-order chi connectivity index (χ0) is 25.2. The van der Waals surface area contributed by atoms with Crippen LogP contribution in [0.15, 0.2) is 48.5 Å². The topological polar surface area (TPSA) is 105 Å². The highest BCUT2D eigenvalue weighted by molar-refractivity contribution is 5.88. The Labute approximate surface area is 205 Å². The maximum Gasteiger partial charge on any atom is 0.407 e. The Morgan fingerprint density at radius 1 is 1.09 bits per heavy atom. The van der Waals surface area contributed by atoms with Crippen LogP contribution in [0, 0.1) is 5.92 Å². The Hall–Kier alpha value is -3.39. The van der Waals surface area contributed by atoms with E-state index < -0.39 is 23.7 Å². The van der Waals surface area contributed by atoms with Gasteiger partial charge in [0.2, 0.25) is 5.91 Å². The van der Waals surface area contributed by atoms with Gasteiger partial charge in [0.05, 0.1) is 6.54 Å². The van der Waals surface area contributed by atoms with Crippen molar-refractivity contribution in [3.05, 3.63) is 59.7 Å². The number of aliphatic carboxylic acids is 1. The van der Waals surface area contributed by atoms with Crippen LogP contribution in [-0.4, -0.2) is 66.4 Å². The number of methoxy groups -OCH3 is 1. The van der Waals surface area contributed by atoms with Gasteiger partial charge in [-0.2, -0.15) is 0 Å². The normalized spacial score (nSPS) is 19.8. The summed E-state index contributed by atoms with van der Waals surface area (Å²) in [6.07, 6.45) is -0.0578. The first-order valence-corrected chi connectivity index (χ1v) is 11.9. The molecule has 2 atom stereocenters. The van der Waals surface area contributed by atoms with Crippen molar-refractivity contribution in [2.75, 3.05) is 26.8 Å². The third kappa shape index (κ3) is 4.89. The third-order valence-corrected chi connectivity index (χ3v) is 6.96. The Morgan fingerprint density at radius 2 is 1.69 bits per heavy atom. The van der Waals surface area contributed by atoms with Gasteiger partial charge in [-0.1, -0.05) is 62.4 Å². The Morgan fingerprint density at radius 3 is 2.20 bits per heavy atom. The number of carbonyl (C=O) groups excluding carboxylic acids is 2. The molecular formula is C27H32N2O6. The largest absolute Gasteiger partial charge is 0.479 e. The average Bonchev–Trinajstić information content (AvgIpc) is 3.42. The molecule has 1 aliphatic carbocycles. The Bertz CT molecular complexity index is 1070. The zero-order valence-corrected chi connectivity index (χ0v) is 20.3. The van der Waals surface area contributed by atoms with Gasteiger partial charge < -0.3 is 24.8 Å². The van der Waals surface area contributed by atoms with Crippen molar-refractivity contribution in [1.29, 1.82) is 0 Å². The van der Waals surface area contributed by atoms with Crippen molar-refractivity contribution in [3.8, 4) is 11.1 Å². The molecule has 0 spiro atoms. The van der Waals surface area contributed by atoms with Crippen LogP contribution < -0.4 is 5.32 Å². The third-order valence-electron chi connectivity index (χ3n) is 6.96. The van der Waals surface area contributed by atoms with Gasteiger partial charge in [0.15, 0.2) is 5.60 Å². The summed E-state index contributed by atoms with van der Waals surface area (Å²) in [6.45, 7) is 4.26. The lowest BCUT2D eigenvalue weighted by Crippen LogP contribution is -2.51. The molecule has 186 valence electrons. The van der Waals surface area contributed by atoms with Gasteiger partial charge in [-0.3, -0.25) is 4.79 Å². The lowest BCUT2D eigenvalue weighted by atomic mass is 9.98. The van der Waals surface area contributed by atoms with Crippen LogP contribution in [0.5, 0.6) is 0 Å². The highest BCUT2D eigenvalue weighted by Crippen LogP contribution is 2.44. The number of benzene rings is 2. The van der Waals surface area contributed by atoms with E-state index in [1.54, 1.807) is 0 Å². The second-order valence-corrected chi connectivity index (χ2v) is 9.67. The number of fused-ring (bicyclic) bond motifs is 3. The monoisotopic (exact) mass is 480 g/mol. The smallest absolute Gasteiger partial charge is 0.407 e. The van der Waals surface area contributed by atoms with E-state index in [0.29, 0.717) is 6.42 Å². The van der Waals surface area contributed by atoms with Crippen LogP contribution in [-0.2, 0) is 19.1 Å². The van der Waals surface area contributed by atoms with Crippen molar-refractivity contribution in [2.24, 2.45) is 5.92 Å². The predicted octanol–water partition coefficient (Wildman–Crippen LogP) is 3.64. The number of hydrogen-bond acceptors (Lipinski definition) is 5. The van der Waals surface area contributed by atoms with E-state index in [-0.39, 0.29) is 43.9 Å². The Kier molecular flexibility index (Phi) is 7.12. The summed E-state index contributed by atoms with van der Waals surface area (Å²) in [7, 11) is 1.34. The minimum Gasteiger partial charge on any atom is -0.479 e. The van der Waals surface area contributed by atoms with Gasteiger partial charge in [0, 0.05) is 26.0 Å². The number of nitrogens with one attached hydrogen (secondary N) is 1. The molecule has 1 saturated heterocycles. The zero-order valence-electron chi connectivity index (χ0n) is 20.3. The van der Waals surface area contributed by atoms with Crippen molar-refractivity contribution < 1.29 is 29.0 Å². The van der Waals surface area contributed by atoms with Crippen LogP contribution >= 0.6 is 0 Å². The molecule has 1 heterocycles. The maximum absolute atomic E-state index is 13.2. The molecule has 0 aromatic heterocycles. The molecule has 2 amide bonds. The number of carboxylic acids is 1. The van der Waals surface area contributed by atoms with Crippen LogP contribution in [0.1, 0.15) is 43.7 Å². The first-order chi connectivity index (χ1) is 16.8. The molecule has 1 aliphatic heterocycles. The van der Waals surface area contributed by atoms with Crippen molar-refractivity contribution in [3.63, 3.8) is 0 Å². The SMILES string of the molecule is COC1(C(=O)O)CCN(C(=O)C(CC(C)C)NC(=O)OCC2c3ccccc3-c3ccccc32)C1. The summed E-state index contributed by atoms with van der Waals surface area (Å²) in [5, 5.41) is 12.3. The maximum atomic E-state index is 13.2. The molecule has 2 aliphatic rings. The summed E-state index contributed by atoms with van der Waals surface area (Å²) in [4.78, 5) is 39.2. The number of rotatable bonds is 8. The molecule has 2 N–H and O–H groups in total. The van der Waals surface area contributed by atoms with E-state index >= 15 is 0 Å². The van der Waals surface area contributed by atoms with Gasteiger partial charge in [-0.25, -0.2) is 9.59 Å². The highest BCUT2D eigenvalue weighted by Gasteiger charge is 2.47. The van der Waals surface area contributed by atoms with Crippen molar-refractivity contribution in [1.82, 2.24) is 10.2 Å². The molecule has 1 fully saturated rings. The number of alkyl carbamates (subject to hydrolysis) is 1. The second-order valence-electron chi connectivity index (χ2n) is 9.67. The standard InChI is InChI=1S/C27H32N2O6/c1-17(2)14-23(24(30)29-13-12-27(16-29,34-3)25(31)32)28-26(33)35-15-22-20-10-6-4-8-18(20)19-9-5-7-11-21(19)22/h4-11,17,22-23H,12-16H2,1-3H3,(H,28,33)(H,31,32). The van der Waals surface area contributed by atoms with Gasteiger partial charge >= 0.3 is 12.1 Å². The van der Waals surface area contributed by atoms with Gasteiger partial charge in [0.25, 0.3) is 0 Å². The highest BCUT2D eigenvalue weighted by atomic mass is 16.5. The minimum absolute atomic E-state index is 0.0569. The number of likely N-dealkylation sites (tertiary alicyclic amines) is 1.